The van der Waals surface area contributed by atoms with E-state index in [1.54, 1.807) is 0 Å². The van der Waals surface area contributed by atoms with E-state index in [0.717, 1.165) is 6.42 Å². The number of halogens is 1. The second-order valence-electron chi connectivity index (χ2n) is 2.94. The molecule has 13 heavy (non-hydrogen) atoms. The van der Waals surface area contributed by atoms with E-state index in [4.69, 9.17) is 11.6 Å². The van der Waals surface area contributed by atoms with E-state index in [9.17, 15) is 9.59 Å². The highest BCUT2D eigenvalue weighted by Gasteiger charge is 2.33. The third-order valence-electron chi connectivity index (χ3n) is 2.13. The molecule has 0 aromatic carbocycles. The van der Waals surface area contributed by atoms with Gasteiger partial charge >= 0.3 is 5.97 Å². The second-order valence-corrected chi connectivity index (χ2v) is 3.16. The summed E-state index contributed by atoms with van der Waals surface area (Å²) in [5, 5.41) is 0. The summed E-state index contributed by atoms with van der Waals surface area (Å²) in [6.07, 6.45) is 1.52. The zero-order valence-electron chi connectivity index (χ0n) is 7.46. The number of hydrogen-bond acceptors (Lipinski definition) is 3. The largest absolute Gasteiger partial charge is 0.448 e. The first kappa shape index (κ1) is 10.3. The van der Waals surface area contributed by atoms with E-state index in [0.29, 0.717) is 13.0 Å². The number of likely N-dealkylation sites (tertiary alicyclic amines) is 1. The van der Waals surface area contributed by atoms with Crippen LogP contribution in [0.15, 0.2) is 0 Å². The molecule has 1 fully saturated rings. The SMILES string of the molecule is CC(=O)N1CCCC1C(=O)OCCl. The molecule has 1 rings (SSSR count). The van der Waals surface area contributed by atoms with Crippen LogP contribution in [0.2, 0.25) is 0 Å². The third-order valence-corrected chi connectivity index (χ3v) is 2.24. The molecule has 1 unspecified atom stereocenters. The van der Waals surface area contributed by atoms with Gasteiger partial charge in [0.15, 0.2) is 6.07 Å². The van der Waals surface area contributed by atoms with Crippen LogP contribution in [0, 0.1) is 0 Å². The van der Waals surface area contributed by atoms with Crippen molar-refractivity contribution in [2.24, 2.45) is 0 Å². The quantitative estimate of drug-likeness (QED) is 0.494. The predicted octanol–water partition coefficient (Wildman–Crippen LogP) is 0.737. The molecular weight excluding hydrogens is 194 g/mol. The molecule has 0 bridgehead atoms. The van der Waals surface area contributed by atoms with Crippen molar-refractivity contribution in [3.05, 3.63) is 0 Å². The van der Waals surface area contributed by atoms with Crippen LogP contribution < -0.4 is 0 Å². The van der Waals surface area contributed by atoms with Gasteiger partial charge in [0.1, 0.15) is 6.04 Å². The number of carbonyl (C=O) groups excluding carboxylic acids is 2. The normalized spacial score (nSPS) is 21.7. The van der Waals surface area contributed by atoms with Crippen molar-refractivity contribution in [3.8, 4) is 0 Å². The number of esters is 1. The van der Waals surface area contributed by atoms with Crippen molar-refractivity contribution in [1.82, 2.24) is 4.90 Å². The van der Waals surface area contributed by atoms with Gasteiger partial charge in [0.2, 0.25) is 5.91 Å². The van der Waals surface area contributed by atoms with Crippen molar-refractivity contribution in [2.45, 2.75) is 25.8 Å². The number of rotatable bonds is 2. The Morgan fingerprint density at radius 3 is 2.85 bits per heavy atom. The highest BCUT2D eigenvalue weighted by atomic mass is 35.5. The van der Waals surface area contributed by atoms with Crippen molar-refractivity contribution in [2.75, 3.05) is 12.6 Å². The maximum atomic E-state index is 11.3. The second kappa shape index (κ2) is 4.46. The minimum absolute atomic E-state index is 0.0889. The minimum Gasteiger partial charge on any atom is -0.448 e. The molecule has 5 heteroatoms. The Balaban J connectivity index is 2.57. The lowest BCUT2D eigenvalue weighted by Crippen LogP contribution is -2.40. The molecule has 1 aliphatic heterocycles. The number of ether oxygens (including phenoxy) is 1. The zero-order chi connectivity index (χ0) is 9.84. The highest BCUT2D eigenvalue weighted by Crippen LogP contribution is 2.18. The van der Waals surface area contributed by atoms with Crippen molar-refractivity contribution in [1.29, 1.82) is 0 Å². The van der Waals surface area contributed by atoms with Gasteiger partial charge < -0.3 is 9.64 Å². The highest BCUT2D eigenvalue weighted by molar-refractivity contribution is 6.17. The van der Waals surface area contributed by atoms with Crippen LogP contribution in [0.1, 0.15) is 19.8 Å². The van der Waals surface area contributed by atoms with E-state index >= 15 is 0 Å². The lowest BCUT2D eigenvalue weighted by atomic mass is 10.2. The first-order valence-electron chi connectivity index (χ1n) is 4.16. The molecule has 0 aromatic rings. The van der Waals surface area contributed by atoms with Crippen LogP contribution in [0.4, 0.5) is 0 Å². The summed E-state index contributed by atoms with van der Waals surface area (Å²) in [7, 11) is 0. The van der Waals surface area contributed by atoms with Crippen LogP contribution in [0.5, 0.6) is 0 Å². The smallest absolute Gasteiger partial charge is 0.330 e. The van der Waals surface area contributed by atoms with E-state index in [1.165, 1.54) is 11.8 Å². The molecule has 1 heterocycles. The van der Waals surface area contributed by atoms with Crippen LogP contribution in [0.3, 0.4) is 0 Å². The lowest BCUT2D eigenvalue weighted by molar-refractivity contribution is -0.151. The van der Waals surface area contributed by atoms with Gasteiger partial charge in [-0.1, -0.05) is 11.6 Å². The zero-order valence-corrected chi connectivity index (χ0v) is 8.21. The molecule has 0 aromatic heterocycles. The minimum atomic E-state index is -0.420. The Bertz CT molecular complexity index is 219. The van der Waals surface area contributed by atoms with Crippen LogP contribution in [-0.2, 0) is 14.3 Å². The monoisotopic (exact) mass is 205 g/mol. The summed E-state index contributed by atoms with van der Waals surface area (Å²) in [6.45, 7) is 2.09. The molecule has 0 aliphatic carbocycles. The fourth-order valence-electron chi connectivity index (χ4n) is 1.54. The molecule has 0 radical (unpaired) electrons. The Hall–Kier alpha value is -0.770. The molecule has 0 saturated carbocycles. The Labute approximate surface area is 81.8 Å². The van der Waals surface area contributed by atoms with Gasteiger partial charge in [0.25, 0.3) is 0 Å². The topological polar surface area (TPSA) is 46.6 Å². The fraction of sp³-hybridized carbons (Fsp3) is 0.750. The molecular formula is C8H12ClNO3. The summed E-state index contributed by atoms with van der Waals surface area (Å²) in [5.41, 5.74) is 0. The first-order chi connectivity index (χ1) is 6.16. The van der Waals surface area contributed by atoms with Crippen molar-refractivity contribution in [3.63, 3.8) is 0 Å². The average molecular weight is 206 g/mol. The van der Waals surface area contributed by atoms with E-state index in [1.807, 2.05) is 0 Å². The lowest BCUT2D eigenvalue weighted by Gasteiger charge is -2.20. The van der Waals surface area contributed by atoms with Crippen LogP contribution in [0.25, 0.3) is 0 Å². The standard InChI is InChI=1S/C8H12ClNO3/c1-6(11)10-4-2-3-7(10)8(12)13-5-9/h7H,2-5H2,1H3. The van der Waals surface area contributed by atoms with Gasteiger partial charge in [-0.25, -0.2) is 4.79 Å². The van der Waals surface area contributed by atoms with Crippen LogP contribution >= 0.6 is 11.6 Å². The molecule has 74 valence electrons. The van der Waals surface area contributed by atoms with Crippen LogP contribution in [-0.4, -0.2) is 35.4 Å². The number of hydrogen-bond donors (Lipinski definition) is 0. The van der Waals surface area contributed by atoms with Gasteiger partial charge in [0.05, 0.1) is 0 Å². The van der Waals surface area contributed by atoms with Gasteiger partial charge in [-0.05, 0) is 12.8 Å². The third kappa shape index (κ3) is 2.34. The fourth-order valence-corrected chi connectivity index (χ4v) is 1.65. The van der Waals surface area contributed by atoms with Crippen molar-refractivity contribution >= 4 is 23.5 Å². The Morgan fingerprint density at radius 2 is 2.31 bits per heavy atom. The predicted molar refractivity (Wildman–Crippen MR) is 47.2 cm³/mol. The summed E-state index contributed by atoms with van der Waals surface area (Å²) in [5.74, 6) is -0.489. The van der Waals surface area contributed by atoms with Crippen molar-refractivity contribution < 1.29 is 14.3 Å². The van der Waals surface area contributed by atoms with Gasteiger partial charge in [-0.2, -0.15) is 0 Å². The summed E-state index contributed by atoms with van der Waals surface area (Å²) in [4.78, 5) is 23.8. The Morgan fingerprint density at radius 1 is 1.62 bits per heavy atom. The maximum absolute atomic E-state index is 11.3. The number of carbonyl (C=O) groups is 2. The average Bonchev–Trinajstić information content (AvgIpc) is 2.52. The summed E-state index contributed by atoms with van der Waals surface area (Å²) >= 11 is 5.26. The maximum Gasteiger partial charge on any atom is 0.330 e. The molecule has 1 amide bonds. The summed E-state index contributed by atoms with van der Waals surface area (Å²) in [6, 6.07) is -0.572. The molecule has 4 nitrogen and oxygen atoms in total. The van der Waals surface area contributed by atoms with Gasteiger partial charge in [-0.3, -0.25) is 4.79 Å². The van der Waals surface area contributed by atoms with E-state index in [-0.39, 0.29) is 12.0 Å². The molecule has 0 N–H and O–H groups in total. The molecule has 0 spiro atoms. The van der Waals surface area contributed by atoms with Gasteiger partial charge in [-0.15, -0.1) is 0 Å². The van der Waals surface area contributed by atoms with Gasteiger partial charge in [0, 0.05) is 13.5 Å². The molecule has 1 aliphatic rings. The number of amides is 1. The molecule has 1 atom stereocenters. The number of nitrogens with zero attached hydrogens (tertiary/aromatic N) is 1. The number of alkyl halides is 1. The first-order valence-corrected chi connectivity index (χ1v) is 4.70. The van der Waals surface area contributed by atoms with E-state index < -0.39 is 12.0 Å². The molecule has 1 saturated heterocycles. The van der Waals surface area contributed by atoms with E-state index in [2.05, 4.69) is 4.74 Å². The Kier molecular flexibility index (Phi) is 3.54. The summed E-state index contributed by atoms with van der Waals surface area (Å²) < 4.78 is 4.64.